The molecule has 1 aliphatic heterocycles. The van der Waals surface area contributed by atoms with Crippen LogP contribution in [0.25, 0.3) is 0 Å². The zero-order valence-electron chi connectivity index (χ0n) is 17.3. The number of benzene rings is 2. The number of halogens is 5. The Morgan fingerprint density at radius 1 is 1.31 bits per heavy atom. The molecule has 2 aromatic rings. The SMILES string of the molecule is C=C(NOCC)C1(C)Oc2cc(Oc3c(F)cc(C(F)(F)F)cc3Cl)ccc2N(C)C1=O. The van der Waals surface area contributed by atoms with Gasteiger partial charge in [0.2, 0.25) is 5.60 Å². The maximum absolute atomic E-state index is 14.3. The molecule has 32 heavy (non-hydrogen) atoms. The lowest BCUT2D eigenvalue weighted by molar-refractivity contribution is -0.137. The maximum atomic E-state index is 14.3. The van der Waals surface area contributed by atoms with Gasteiger partial charge in [-0.15, -0.1) is 0 Å². The molecule has 1 N–H and O–H groups in total. The first-order valence-electron chi connectivity index (χ1n) is 9.31. The number of alkyl halides is 3. The fourth-order valence-corrected chi connectivity index (χ4v) is 3.24. The average molecular weight is 475 g/mol. The average Bonchev–Trinajstić information content (AvgIpc) is 2.72. The Labute approximate surface area is 186 Å². The molecule has 0 radical (unpaired) electrons. The largest absolute Gasteiger partial charge is 0.469 e. The van der Waals surface area contributed by atoms with Crippen LogP contribution in [0.1, 0.15) is 19.4 Å². The number of amides is 1. The molecule has 0 spiro atoms. The molecule has 2 aromatic carbocycles. The van der Waals surface area contributed by atoms with Gasteiger partial charge in [-0.1, -0.05) is 18.2 Å². The minimum Gasteiger partial charge on any atom is -0.469 e. The highest BCUT2D eigenvalue weighted by Gasteiger charge is 2.46. The molecule has 0 fully saturated rings. The molecule has 0 saturated carbocycles. The Bertz CT molecular complexity index is 1050. The van der Waals surface area contributed by atoms with Gasteiger partial charge in [-0.3, -0.25) is 15.1 Å². The van der Waals surface area contributed by atoms with Gasteiger partial charge in [-0.05, 0) is 38.1 Å². The highest BCUT2D eigenvalue weighted by atomic mass is 35.5. The number of hydrogen-bond acceptors (Lipinski definition) is 5. The van der Waals surface area contributed by atoms with Gasteiger partial charge < -0.3 is 14.4 Å². The van der Waals surface area contributed by atoms with Crippen molar-refractivity contribution in [1.82, 2.24) is 5.48 Å². The van der Waals surface area contributed by atoms with Gasteiger partial charge >= 0.3 is 6.18 Å². The summed E-state index contributed by atoms with van der Waals surface area (Å²) in [5.74, 6) is -2.07. The van der Waals surface area contributed by atoms with Crippen LogP contribution >= 0.6 is 11.6 Å². The van der Waals surface area contributed by atoms with Crippen molar-refractivity contribution in [3.63, 3.8) is 0 Å². The summed E-state index contributed by atoms with van der Waals surface area (Å²) in [5, 5.41) is -0.553. The van der Waals surface area contributed by atoms with Gasteiger partial charge in [0.25, 0.3) is 5.91 Å². The quantitative estimate of drug-likeness (QED) is 0.445. The predicted octanol–water partition coefficient (Wildman–Crippen LogP) is 5.46. The molecule has 3 rings (SSSR count). The second-order valence-electron chi connectivity index (χ2n) is 7.01. The number of fused-ring (bicyclic) bond motifs is 1. The van der Waals surface area contributed by atoms with Crippen molar-refractivity contribution in [3.05, 3.63) is 59.0 Å². The molecule has 1 atom stereocenters. The fraction of sp³-hybridized carbons (Fsp3) is 0.286. The molecule has 11 heteroatoms. The molecule has 6 nitrogen and oxygen atoms in total. The topological polar surface area (TPSA) is 60.0 Å². The van der Waals surface area contributed by atoms with E-state index in [1.165, 1.54) is 37.1 Å². The van der Waals surface area contributed by atoms with Crippen LogP contribution in [0.4, 0.5) is 23.2 Å². The van der Waals surface area contributed by atoms with E-state index < -0.39 is 39.8 Å². The summed E-state index contributed by atoms with van der Waals surface area (Å²) < 4.78 is 64.1. The molecule has 1 unspecified atom stereocenters. The van der Waals surface area contributed by atoms with Crippen LogP contribution in [-0.4, -0.2) is 25.2 Å². The third-order valence-corrected chi connectivity index (χ3v) is 5.06. The summed E-state index contributed by atoms with van der Waals surface area (Å²) in [7, 11) is 1.53. The van der Waals surface area contributed by atoms with E-state index in [1.54, 1.807) is 6.92 Å². The normalized spacial score (nSPS) is 18.1. The van der Waals surface area contributed by atoms with Crippen LogP contribution in [0.5, 0.6) is 17.2 Å². The molecule has 1 amide bonds. The van der Waals surface area contributed by atoms with Gasteiger partial charge in [0.1, 0.15) is 11.5 Å². The number of rotatable bonds is 6. The Morgan fingerprint density at radius 3 is 2.59 bits per heavy atom. The van der Waals surface area contributed by atoms with Crippen molar-refractivity contribution in [2.24, 2.45) is 0 Å². The number of carbonyl (C=O) groups excluding carboxylic acids is 1. The second kappa shape index (κ2) is 8.51. The lowest BCUT2D eigenvalue weighted by atomic mass is 9.98. The minimum atomic E-state index is -4.76. The number of anilines is 1. The molecule has 172 valence electrons. The molecule has 0 aliphatic carbocycles. The number of nitrogens with one attached hydrogen (secondary N) is 1. The molecule has 1 heterocycles. The van der Waals surface area contributed by atoms with E-state index in [0.717, 1.165) is 0 Å². The van der Waals surface area contributed by atoms with E-state index in [-0.39, 0.29) is 17.2 Å². The van der Waals surface area contributed by atoms with E-state index in [0.29, 0.717) is 24.4 Å². The van der Waals surface area contributed by atoms with Gasteiger partial charge in [0.15, 0.2) is 11.6 Å². The number of nitrogens with zero attached hydrogens (tertiary/aromatic N) is 1. The number of carbonyl (C=O) groups is 1. The molecule has 0 saturated heterocycles. The molecule has 0 bridgehead atoms. The standard InChI is InChI=1S/C21H19ClF4N2O4/c1-5-30-27-11(2)20(3)19(29)28(4)16-7-6-13(10-17(16)32-20)31-18-14(22)8-12(9-15(18)23)21(24,25)26/h6-10,27H,2,5H2,1,3-4H3. The van der Waals surface area contributed by atoms with E-state index in [2.05, 4.69) is 12.1 Å². The van der Waals surface area contributed by atoms with Crippen molar-refractivity contribution in [2.75, 3.05) is 18.6 Å². The third kappa shape index (κ3) is 4.33. The van der Waals surface area contributed by atoms with Gasteiger partial charge in [0, 0.05) is 13.1 Å². The van der Waals surface area contributed by atoms with Crippen LogP contribution < -0.4 is 19.9 Å². The van der Waals surface area contributed by atoms with Crippen LogP contribution in [0.2, 0.25) is 5.02 Å². The van der Waals surface area contributed by atoms with Gasteiger partial charge in [-0.25, -0.2) is 4.39 Å². The van der Waals surface area contributed by atoms with Crippen LogP contribution in [-0.2, 0) is 15.8 Å². The van der Waals surface area contributed by atoms with Crippen molar-refractivity contribution in [1.29, 1.82) is 0 Å². The summed E-state index contributed by atoms with van der Waals surface area (Å²) in [6.07, 6.45) is -4.76. The van der Waals surface area contributed by atoms with Crippen molar-refractivity contribution >= 4 is 23.2 Å². The second-order valence-corrected chi connectivity index (χ2v) is 7.42. The Balaban J connectivity index is 1.94. The first kappa shape index (κ1) is 23.7. The predicted molar refractivity (Wildman–Crippen MR) is 109 cm³/mol. The summed E-state index contributed by atoms with van der Waals surface area (Å²) in [6.45, 7) is 7.33. The first-order valence-corrected chi connectivity index (χ1v) is 9.68. The highest BCUT2D eigenvalue weighted by molar-refractivity contribution is 6.32. The zero-order chi connectivity index (χ0) is 23.8. The van der Waals surface area contributed by atoms with E-state index >= 15 is 0 Å². The zero-order valence-corrected chi connectivity index (χ0v) is 18.0. The third-order valence-electron chi connectivity index (χ3n) is 4.78. The lowest BCUT2D eigenvalue weighted by Crippen LogP contribution is -2.56. The van der Waals surface area contributed by atoms with Crippen molar-refractivity contribution in [2.45, 2.75) is 25.6 Å². The number of likely N-dealkylation sites (N-methyl/N-ethyl adjacent to an activating group) is 1. The first-order chi connectivity index (χ1) is 14.9. The van der Waals surface area contributed by atoms with Crippen LogP contribution in [0.3, 0.4) is 0 Å². The van der Waals surface area contributed by atoms with E-state index in [4.69, 9.17) is 25.9 Å². The highest BCUT2D eigenvalue weighted by Crippen LogP contribution is 2.43. The summed E-state index contributed by atoms with van der Waals surface area (Å²) >= 11 is 5.83. The Hall–Kier alpha value is -2.98. The maximum Gasteiger partial charge on any atom is 0.416 e. The molecule has 1 aliphatic rings. The van der Waals surface area contributed by atoms with Gasteiger partial charge in [0.05, 0.1) is 28.6 Å². The van der Waals surface area contributed by atoms with Crippen LogP contribution in [0, 0.1) is 5.82 Å². The number of hydrogen-bond donors (Lipinski definition) is 1. The number of hydroxylamine groups is 1. The number of ether oxygens (including phenoxy) is 2. The van der Waals surface area contributed by atoms with Crippen molar-refractivity contribution < 1.29 is 36.7 Å². The fourth-order valence-electron chi connectivity index (χ4n) is 3.00. The Morgan fingerprint density at radius 2 is 2.00 bits per heavy atom. The van der Waals surface area contributed by atoms with E-state index in [9.17, 15) is 22.4 Å². The Kier molecular flexibility index (Phi) is 6.30. The summed E-state index contributed by atoms with van der Waals surface area (Å²) in [4.78, 5) is 19.3. The monoisotopic (exact) mass is 474 g/mol. The van der Waals surface area contributed by atoms with E-state index in [1.807, 2.05) is 0 Å². The smallest absolute Gasteiger partial charge is 0.416 e. The van der Waals surface area contributed by atoms with Crippen molar-refractivity contribution in [3.8, 4) is 17.2 Å². The molecule has 0 aromatic heterocycles. The molecular weight excluding hydrogens is 456 g/mol. The van der Waals surface area contributed by atoms with Gasteiger partial charge in [-0.2, -0.15) is 13.2 Å². The van der Waals surface area contributed by atoms with Crippen LogP contribution in [0.15, 0.2) is 42.6 Å². The summed E-state index contributed by atoms with van der Waals surface area (Å²) in [6, 6.07) is 5.11. The molecular formula is C21H19ClF4N2O4. The lowest BCUT2D eigenvalue weighted by Gasteiger charge is -2.40. The summed E-state index contributed by atoms with van der Waals surface area (Å²) in [5.41, 5.74) is 0.316. The minimum absolute atomic E-state index is 0.0257.